The van der Waals surface area contributed by atoms with Crippen LogP contribution in [0.25, 0.3) is 5.69 Å². The standard InChI is InChI=1S/C16H22N4O/c1-12(2)19-16(21)11-17-13(3)14-7-4-5-8-15(14)20-10-6-9-18-20/h4-10,12-13,17H,11H2,1-3H3,(H,19,21). The van der Waals surface area contributed by atoms with Crippen molar-refractivity contribution < 1.29 is 4.79 Å². The highest BCUT2D eigenvalue weighted by Gasteiger charge is 2.13. The number of hydrogen-bond acceptors (Lipinski definition) is 3. The van der Waals surface area contributed by atoms with Crippen LogP contribution in [0.4, 0.5) is 0 Å². The zero-order chi connectivity index (χ0) is 15.2. The second-order valence-corrected chi connectivity index (χ2v) is 5.33. The van der Waals surface area contributed by atoms with E-state index in [1.54, 1.807) is 6.20 Å². The lowest BCUT2D eigenvalue weighted by Crippen LogP contribution is -2.38. The molecule has 1 heterocycles. The minimum absolute atomic E-state index is 0.00780. The third-order valence-electron chi connectivity index (χ3n) is 3.17. The van der Waals surface area contributed by atoms with Crippen LogP contribution in [-0.4, -0.2) is 28.3 Å². The molecule has 1 amide bonds. The van der Waals surface area contributed by atoms with Crippen LogP contribution in [-0.2, 0) is 4.79 Å². The summed E-state index contributed by atoms with van der Waals surface area (Å²) in [7, 11) is 0. The quantitative estimate of drug-likeness (QED) is 0.854. The Bertz CT molecular complexity index is 578. The Morgan fingerprint density at radius 2 is 2.00 bits per heavy atom. The lowest BCUT2D eigenvalue weighted by atomic mass is 10.1. The highest BCUT2D eigenvalue weighted by molar-refractivity contribution is 5.78. The van der Waals surface area contributed by atoms with Crippen molar-refractivity contribution in [2.75, 3.05) is 6.54 Å². The van der Waals surface area contributed by atoms with Crippen LogP contribution in [0.2, 0.25) is 0 Å². The van der Waals surface area contributed by atoms with Crippen LogP contribution in [0.15, 0.2) is 42.7 Å². The van der Waals surface area contributed by atoms with Crippen LogP contribution in [0, 0.1) is 0 Å². The molecule has 0 aliphatic carbocycles. The summed E-state index contributed by atoms with van der Waals surface area (Å²) in [6.45, 7) is 6.25. The van der Waals surface area contributed by atoms with Gasteiger partial charge >= 0.3 is 0 Å². The van der Waals surface area contributed by atoms with Gasteiger partial charge in [-0.05, 0) is 38.5 Å². The number of carbonyl (C=O) groups is 1. The third kappa shape index (κ3) is 4.16. The van der Waals surface area contributed by atoms with Gasteiger partial charge in [-0.25, -0.2) is 4.68 Å². The smallest absolute Gasteiger partial charge is 0.234 e. The molecule has 1 aromatic carbocycles. The lowest BCUT2D eigenvalue weighted by Gasteiger charge is -2.18. The zero-order valence-electron chi connectivity index (χ0n) is 12.7. The molecule has 112 valence electrons. The topological polar surface area (TPSA) is 59.0 Å². The number of nitrogens with one attached hydrogen (secondary N) is 2. The molecule has 2 rings (SSSR count). The van der Waals surface area contributed by atoms with Crippen molar-refractivity contribution >= 4 is 5.91 Å². The first-order chi connectivity index (χ1) is 10.1. The molecule has 2 aromatic rings. The molecule has 0 spiro atoms. The van der Waals surface area contributed by atoms with Crippen molar-refractivity contribution in [3.05, 3.63) is 48.3 Å². The molecule has 0 radical (unpaired) electrons. The van der Waals surface area contributed by atoms with Crippen LogP contribution < -0.4 is 10.6 Å². The molecule has 0 fully saturated rings. The zero-order valence-corrected chi connectivity index (χ0v) is 12.7. The van der Waals surface area contributed by atoms with E-state index in [1.165, 1.54) is 0 Å². The molecule has 2 N–H and O–H groups in total. The first kappa shape index (κ1) is 15.3. The summed E-state index contributed by atoms with van der Waals surface area (Å²) >= 11 is 0. The number of amides is 1. The van der Waals surface area contributed by atoms with Gasteiger partial charge in [0, 0.05) is 24.5 Å². The van der Waals surface area contributed by atoms with Crippen molar-refractivity contribution in [3.63, 3.8) is 0 Å². The molecule has 1 unspecified atom stereocenters. The fourth-order valence-electron chi connectivity index (χ4n) is 2.20. The van der Waals surface area contributed by atoms with Crippen LogP contribution >= 0.6 is 0 Å². The number of hydrogen-bond donors (Lipinski definition) is 2. The van der Waals surface area contributed by atoms with Gasteiger partial charge in [-0.1, -0.05) is 18.2 Å². The van der Waals surface area contributed by atoms with Gasteiger partial charge in [-0.2, -0.15) is 5.10 Å². The van der Waals surface area contributed by atoms with Crippen molar-refractivity contribution in [2.24, 2.45) is 0 Å². The van der Waals surface area contributed by atoms with Crippen molar-refractivity contribution in [2.45, 2.75) is 32.9 Å². The predicted molar refractivity (Wildman–Crippen MR) is 83.3 cm³/mol. The molecule has 5 nitrogen and oxygen atoms in total. The molecule has 0 saturated heterocycles. The molecule has 1 atom stereocenters. The second-order valence-electron chi connectivity index (χ2n) is 5.33. The van der Waals surface area contributed by atoms with Crippen LogP contribution in [0.1, 0.15) is 32.4 Å². The Labute approximate surface area is 125 Å². The van der Waals surface area contributed by atoms with Crippen molar-refractivity contribution in [1.29, 1.82) is 0 Å². The summed E-state index contributed by atoms with van der Waals surface area (Å²) in [5, 5.41) is 10.4. The Balaban J connectivity index is 2.06. The summed E-state index contributed by atoms with van der Waals surface area (Å²) < 4.78 is 1.84. The number of rotatable bonds is 6. The van der Waals surface area contributed by atoms with E-state index in [-0.39, 0.29) is 18.0 Å². The highest BCUT2D eigenvalue weighted by Crippen LogP contribution is 2.20. The number of carbonyl (C=O) groups excluding carboxylic acids is 1. The molecule has 21 heavy (non-hydrogen) atoms. The molecule has 0 aliphatic heterocycles. The maximum absolute atomic E-state index is 11.7. The molecular formula is C16H22N4O. The van der Waals surface area contributed by atoms with Gasteiger partial charge in [0.05, 0.1) is 12.2 Å². The highest BCUT2D eigenvalue weighted by atomic mass is 16.1. The van der Waals surface area contributed by atoms with E-state index >= 15 is 0 Å². The number of para-hydroxylation sites is 1. The van der Waals surface area contributed by atoms with Gasteiger partial charge in [0.15, 0.2) is 0 Å². The predicted octanol–water partition coefficient (Wildman–Crippen LogP) is 2.05. The molecule has 0 aliphatic rings. The molecular weight excluding hydrogens is 264 g/mol. The van der Waals surface area contributed by atoms with Crippen molar-refractivity contribution in [3.8, 4) is 5.69 Å². The lowest BCUT2D eigenvalue weighted by molar-refractivity contribution is -0.120. The average Bonchev–Trinajstić information content (AvgIpc) is 2.98. The SMILES string of the molecule is CC(C)NC(=O)CNC(C)c1ccccc1-n1cccn1. The summed E-state index contributed by atoms with van der Waals surface area (Å²) in [4.78, 5) is 11.7. The molecule has 0 saturated carbocycles. The largest absolute Gasteiger partial charge is 0.353 e. The maximum atomic E-state index is 11.7. The average molecular weight is 286 g/mol. The number of nitrogens with zero attached hydrogens (tertiary/aromatic N) is 2. The first-order valence-electron chi connectivity index (χ1n) is 7.19. The Hall–Kier alpha value is -2.14. The molecule has 5 heteroatoms. The van der Waals surface area contributed by atoms with E-state index in [4.69, 9.17) is 0 Å². The minimum atomic E-state index is 0.00780. The fourth-order valence-corrected chi connectivity index (χ4v) is 2.20. The summed E-state index contributed by atoms with van der Waals surface area (Å²) in [6.07, 6.45) is 3.67. The van der Waals surface area contributed by atoms with Crippen LogP contribution in [0.5, 0.6) is 0 Å². The minimum Gasteiger partial charge on any atom is -0.353 e. The molecule has 0 bridgehead atoms. The number of benzene rings is 1. The first-order valence-corrected chi connectivity index (χ1v) is 7.19. The fraction of sp³-hybridized carbons (Fsp3) is 0.375. The van der Waals surface area contributed by atoms with E-state index in [1.807, 2.05) is 55.9 Å². The van der Waals surface area contributed by atoms with Gasteiger partial charge < -0.3 is 10.6 Å². The van der Waals surface area contributed by atoms with Gasteiger partial charge in [-0.3, -0.25) is 4.79 Å². The van der Waals surface area contributed by atoms with Gasteiger partial charge in [0.1, 0.15) is 0 Å². The Morgan fingerprint density at radius 1 is 1.24 bits per heavy atom. The summed E-state index contributed by atoms with van der Waals surface area (Å²) in [5.41, 5.74) is 2.13. The van der Waals surface area contributed by atoms with Crippen LogP contribution in [0.3, 0.4) is 0 Å². The van der Waals surface area contributed by atoms with E-state index in [9.17, 15) is 4.79 Å². The van der Waals surface area contributed by atoms with Gasteiger partial charge in [0.25, 0.3) is 0 Å². The monoisotopic (exact) mass is 286 g/mol. The van der Waals surface area contributed by atoms with Gasteiger partial charge in [0.2, 0.25) is 5.91 Å². The van der Waals surface area contributed by atoms with E-state index in [2.05, 4.69) is 21.8 Å². The Morgan fingerprint density at radius 3 is 2.67 bits per heavy atom. The van der Waals surface area contributed by atoms with E-state index in [0.29, 0.717) is 6.54 Å². The maximum Gasteiger partial charge on any atom is 0.234 e. The van der Waals surface area contributed by atoms with Gasteiger partial charge in [-0.15, -0.1) is 0 Å². The summed E-state index contributed by atoms with van der Waals surface area (Å²) in [6, 6.07) is 10.2. The van der Waals surface area contributed by atoms with Crippen molar-refractivity contribution in [1.82, 2.24) is 20.4 Å². The normalized spacial score (nSPS) is 12.4. The van der Waals surface area contributed by atoms with E-state index in [0.717, 1.165) is 11.3 Å². The molecule has 1 aromatic heterocycles. The number of aromatic nitrogens is 2. The second kappa shape index (κ2) is 7.04. The Kier molecular flexibility index (Phi) is 5.11. The summed E-state index contributed by atoms with van der Waals surface area (Å²) in [5.74, 6) is 0.00780. The van der Waals surface area contributed by atoms with E-state index < -0.39 is 0 Å². The third-order valence-corrected chi connectivity index (χ3v) is 3.17.